The Morgan fingerprint density at radius 1 is 0.724 bits per heavy atom. The van der Waals surface area contributed by atoms with Gasteiger partial charge in [0.25, 0.3) is 5.91 Å². The summed E-state index contributed by atoms with van der Waals surface area (Å²) < 4.78 is 46.4. The minimum Gasteiger partial charge on any atom is -0.390 e. The highest BCUT2D eigenvalue weighted by Gasteiger charge is 2.77. The molecule has 420 valence electrons. The molecule has 0 aliphatic heterocycles. The number of amides is 1. The number of aliphatic hydroxyl groups is 6. The number of hydrogen-bond acceptors (Lipinski definition) is 15. The summed E-state index contributed by atoms with van der Waals surface area (Å²) in [4.78, 5) is 76.4. The fraction of sp³-hybridized carbons (Fsp3) is 0.741. The van der Waals surface area contributed by atoms with Gasteiger partial charge in [0.2, 0.25) is 0 Å². The summed E-state index contributed by atoms with van der Waals surface area (Å²) in [6.07, 6.45) is 7.30. The van der Waals surface area contributed by atoms with Crippen molar-refractivity contribution in [3.05, 3.63) is 47.6 Å². The number of Topliss-reactive ketones (excluding diaryl/α,β-unsaturated/α-hetero) is 4. The van der Waals surface area contributed by atoms with E-state index in [1.807, 2.05) is 13.8 Å². The molecule has 17 atom stereocenters. The van der Waals surface area contributed by atoms with Gasteiger partial charge in [-0.25, -0.2) is 8.78 Å². The van der Waals surface area contributed by atoms with Gasteiger partial charge in [0.05, 0.1) is 56.5 Å². The average Bonchev–Trinajstić information content (AvgIpc) is 3.94. The van der Waals surface area contributed by atoms with Crippen molar-refractivity contribution in [2.75, 3.05) is 53.2 Å². The van der Waals surface area contributed by atoms with Crippen LogP contribution in [0.4, 0.5) is 8.78 Å². The van der Waals surface area contributed by atoms with Crippen LogP contribution in [0.1, 0.15) is 119 Å². The number of ether oxygens (including phenoxy) is 2. The number of methoxy groups -OCH3 is 1. The van der Waals surface area contributed by atoms with Gasteiger partial charge in [0.1, 0.15) is 17.8 Å². The van der Waals surface area contributed by atoms with Gasteiger partial charge in [0, 0.05) is 66.4 Å². The van der Waals surface area contributed by atoms with Crippen LogP contribution in [0, 0.1) is 57.2 Å². The standard InChI is InChI=1S/C58H81F2N3O13/c1-9-45(67)57(73)33(2)22-43-41-12-10-35-24-37(14-16-50(35,4)55(41,59)46(68)28-52(43,57)6)62-30-39(65)26-54(72,49(71)61-18-19-76-21-20-75-8)27-40(66)31-63-38-15-17-51(5)36(25-38)11-13-42-44-23-34(3)58(74,48(70)32-64)53(44,7)29-47(69)56(42,51)60/h14-17,24-25,33-34,41-44,46-47,64,68-69,72-74H,9-13,18-23,26-32H2,1-8H3,(H,61,71)/t33-,34-,41+,42+,43+,44+,46+,47+,50+,51+,52+,53+,54?,55+,56+,57+,58+/m1/s1. The van der Waals surface area contributed by atoms with Crippen molar-refractivity contribution >= 4 is 40.5 Å². The monoisotopic (exact) mass is 1070 g/mol. The molecule has 0 aromatic rings. The van der Waals surface area contributed by atoms with Crippen molar-refractivity contribution in [2.45, 2.75) is 159 Å². The Morgan fingerprint density at radius 2 is 1.17 bits per heavy atom. The zero-order chi connectivity index (χ0) is 55.8. The lowest BCUT2D eigenvalue weighted by atomic mass is 9.44. The number of nitrogens with zero attached hydrogens (tertiary/aromatic N) is 2. The molecular formula is C58H81F2N3O13. The zero-order valence-electron chi connectivity index (χ0n) is 45.5. The van der Waals surface area contributed by atoms with E-state index in [2.05, 4.69) is 15.3 Å². The summed E-state index contributed by atoms with van der Waals surface area (Å²) in [6.45, 7) is 10.9. The van der Waals surface area contributed by atoms with Crippen LogP contribution in [0.25, 0.3) is 0 Å². The number of nitrogens with one attached hydrogen (secondary N) is 1. The van der Waals surface area contributed by atoms with Crippen LogP contribution >= 0.6 is 0 Å². The van der Waals surface area contributed by atoms with Crippen molar-refractivity contribution in [2.24, 2.45) is 67.2 Å². The molecule has 6 fully saturated rings. The van der Waals surface area contributed by atoms with E-state index in [-0.39, 0.29) is 50.7 Å². The molecule has 0 bridgehead atoms. The number of alkyl halides is 2. The number of hydrogen-bond donors (Lipinski definition) is 7. The number of fused-ring (bicyclic) bond motifs is 10. The van der Waals surface area contributed by atoms with Gasteiger partial charge >= 0.3 is 0 Å². The topological polar surface area (TPSA) is 262 Å². The van der Waals surface area contributed by atoms with Gasteiger partial charge in [-0.3, -0.25) is 34.0 Å². The van der Waals surface area contributed by atoms with Crippen LogP contribution in [0.3, 0.4) is 0 Å². The van der Waals surface area contributed by atoms with E-state index in [1.54, 1.807) is 71.1 Å². The van der Waals surface area contributed by atoms with Gasteiger partial charge in [-0.2, -0.15) is 0 Å². The second-order valence-corrected chi connectivity index (χ2v) is 24.7. The Labute approximate surface area is 444 Å². The highest BCUT2D eigenvalue weighted by atomic mass is 19.1. The third kappa shape index (κ3) is 8.50. The molecule has 6 saturated carbocycles. The second kappa shape index (κ2) is 20.6. The molecule has 8 rings (SSSR count). The van der Waals surface area contributed by atoms with Crippen LogP contribution in [0.5, 0.6) is 0 Å². The summed E-state index contributed by atoms with van der Waals surface area (Å²) in [5.41, 5.74) is -13.2. The number of aliphatic hydroxyl groups excluding tert-OH is 3. The minimum atomic E-state index is -2.52. The first-order chi connectivity index (χ1) is 35.6. The third-order valence-corrected chi connectivity index (χ3v) is 21.0. The van der Waals surface area contributed by atoms with E-state index in [9.17, 15) is 54.6 Å². The number of ketones is 4. The van der Waals surface area contributed by atoms with E-state index >= 15 is 8.78 Å². The average molecular weight is 1070 g/mol. The lowest BCUT2D eigenvalue weighted by molar-refractivity contribution is -0.219. The predicted molar refractivity (Wildman–Crippen MR) is 278 cm³/mol. The first kappa shape index (κ1) is 58.1. The Bertz CT molecular complexity index is 2410. The molecule has 0 radical (unpaired) electrons. The summed E-state index contributed by atoms with van der Waals surface area (Å²) >= 11 is 0. The summed E-state index contributed by atoms with van der Waals surface area (Å²) in [5.74, 6) is -6.55. The fourth-order valence-corrected chi connectivity index (χ4v) is 16.9. The predicted octanol–water partition coefficient (Wildman–Crippen LogP) is 4.40. The van der Waals surface area contributed by atoms with Crippen molar-refractivity contribution in [3.8, 4) is 0 Å². The number of halogens is 2. The first-order valence-corrected chi connectivity index (χ1v) is 27.4. The van der Waals surface area contributed by atoms with Crippen LogP contribution in [-0.2, 0) is 33.4 Å². The molecule has 8 aliphatic carbocycles. The van der Waals surface area contributed by atoms with E-state index in [1.165, 1.54) is 7.11 Å². The molecule has 1 unspecified atom stereocenters. The molecule has 0 spiro atoms. The number of rotatable bonds is 19. The summed E-state index contributed by atoms with van der Waals surface area (Å²) in [6, 6.07) is 0. The number of allylic oxidation sites excluding steroid dienone is 8. The van der Waals surface area contributed by atoms with Gasteiger partial charge in [0.15, 0.2) is 40.1 Å². The fourth-order valence-electron chi connectivity index (χ4n) is 16.9. The summed E-state index contributed by atoms with van der Waals surface area (Å²) in [7, 11) is 1.51. The lowest BCUT2D eigenvalue weighted by Gasteiger charge is -2.62. The van der Waals surface area contributed by atoms with E-state index in [0.717, 1.165) is 0 Å². The lowest BCUT2D eigenvalue weighted by Crippen LogP contribution is -2.69. The first-order valence-electron chi connectivity index (χ1n) is 27.4. The molecule has 16 nitrogen and oxygen atoms in total. The number of carbonyl (C=O) groups is 5. The molecule has 18 heteroatoms. The molecule has 76 heavy (non-hydrogen) atoms. The molecule has 0 aromatic carbocycles. The van der Waals surface area contributed by atoms with Gasteiger partial charge in [-0.15, -0.1) is 0 Å². The maximum Gasteiger partial charge on any atom is 0.252 e. The van der Waals surface area contributed by atoms with Crippen LogP contribution in [0.2, 0.25) is 0 Å². The second-order valence-electron chi connectivity index (χ2n) is 24.7. The molecular weight excluding hydrogens is 985 g/mol. The SMILES string of the molecule is CCC(=O)[C@@]1(O)[C@H](C)C[C@H]2[C@@H]3CCC4=CC(=NCC(=O)CC(O)(CC(=O)CN=C5C=C[C@@]6(C)C(=C5)CC[C@H]5[C@@H]7C[C@@H](C)[C@](O)(C(=O)CO)[C@@]7(C)C[C@H](O)[C@@]56F)C(=O)NCCOCCOC)C=C[C@]4(C)[C@@]3(F)[C@@H](O)C[C@@]21C. The van der Waals surface area contributed by atoms with E-state index < -0.39 is 147 Å². The smallest absolute Gasteiger partial charge is 0.252 e. The van der Waals surface area contributed by atoms with Crippen LogP contribution in [0.15, 0.2) is 57.6 Å². The highest BCUT2D eigenvalue weighted by molar-refractivity contribution is 6.08. The molecule has 7 N–H and O–H groups in total. The molecule has 0 aromatic heterocycles. The van der Waals surface area contributed by atoms with Crippen LogP contribution in [-0.4, -0.2) is 165 Å². The van der Waals surface area contributed by atoms with Gasteiger partial charge in [-0.1, -0.05) is 57.9 Å². The van der Waals surface area contributed by atoms with E-state index in [0.29, 0.717) is 67.7 Å². The maximum atomic E-state index is 18.0. The van der Waals surface area contributed by atoms with Gasteiger partial charge in [-0.05, 0) is 113 Å². The highest BCUT2D eigenvalue weighted by Crippen LogP contribution is 2.72. The Balaban J connectivity index is 0.949. The third-order valence-electron chi connectivity index (χ3n) is 21.0. The molecule has 8 aliphatic rings. The number of aliphatic imine (C=N–C) groups is 2. The Hall–Kier alpha value is -4.01. The number of carbonyl (C=O) groups excluding carboxylic acids is 5. The summed E-state index contributed by atoms with van der Waals surface area (Å²) in [5, 5.41) is 71.6. The maximum absolute atomic E-state index is 18.0. The van der Waals surface area contributed by atoms with Crippen LogP contribution < -0.4 is 5.32 Å². The molecule has 0 heterocycles. The minimum absolute atomic E-state index is 0.0502. The zero-order valence-corrected chi connectivity index (χ0v) is 45.5. The van der Waals surface area contributed by atoms with Gasteiger partial charge < -0.3 is 45.4 Å². The van der Waals surface area contributed by atoms with Crippen molar-refractivity contribution in [3.63, 3.8) is 0 Å². The van der Waals surface area contributed by atoms with Crippen molar-refractivity contribution < 1.29 is 72.9 Å². The normalized spacial score (nSPS) is 43.8. The quantitative estimate of drug-likeness (QED) is 0.0887. The molecule has 1 amide bonds. The Morgan fingerprint density at radius 3 is 1.59 bits per heavy atom. The largest absolute Gasteiger partial charge is 0.390 e. The Kier molecular flexibility index (Phi) is 15.7. The van der Waals surface area contributed by atoms with E-state index in [4.69, 9.17) is 9.47 Å². The van der Waals surface area contributed by atoms with Crippen molar-refractivity contribution in [1.82, 2.24) is 5.32 Å². The van der Waals surface area contributed by atoms with Crippen molar-refractivity contribution in [1.29, 1.82) is 0 Å². The molecule has 0 saturated heterocycles.